The Bertz CT molecular complexity index is 396. The van der Waals surface area contributed by atoms with Gasteiger partial charge in [-0.25, -0.2) is 0 Å². The minimum Gasteiger partial charge on any atom is -0.490 e. The van der Waals surface area contributed by atoms with E-state index in [-0.39, 0.29) is 11.4 Å². The lowest BCUT2D eigenvalue weighted by molar-refractivity contribution is -0.385. The lowest BCUT2D eigenvalue weighted by Crippen LogP contribution is -2.29. The first-order valence-corrected chi connectivity index (χ1v) is 5.32. The van der Waals surface area contributed by atoms with Gasteiger partial charge < -0.3 is 15.4 Å². The first kappa shape index (κ1) is 13.2. The molecule has 94 valence electrons. The molecule has 0 heterocycles. The molecule has 2 N–H and O–H groups in total. The number of rotatable bonds is 6. The van der Waals surface area contributed by atoms with E-state index < -0.39 is 4.92 Å². The van der Waals surface area contributed by atoms with Crippen LogP contribution < -0.4 is 15.4 Å². The number of ether oxygens (including phenoxy) is 1. The SMILES string of the molecule is CNC(C)CNc1ccc([N+](=O)[O-])c(OC)c1. The first-order chi connectivity index (χ1) is 8.08. The quantitative estimate of drug-likeness (QED) is 0.582. The highest BCUT2D eigenvalue weighted by Gasteiger charge is 2.14. The molecule has 1 rings (SSSR count). The van der Waals surface area contributed by atoms with Crippen LogP contribution in [0.25, 0.3) is 0 Å². The molecule has 17 heavy (non-hydrogen) atoms. The molecule has 0 aliphatic heterocycles. The number of hydrogen-bond donors (Lipinski definition) is 2. The van der Waals surface area contributed by atoms with Gasteiger partial charge in [0.05, 0.1) is 12.0 Å². The highest BCUT2D eigenvalue weighted by Crippen LogP contribution is 2.29. The van der Waals surface area contributed by atoms with Crippen molar-refractivity contribution in [2.45, 2.75) is 13.0 Å². The van der Waals surface area contributed by atoms with Crippen molar-refractivity contribution >= 4 is 11.4 Å². The second-order valence-electron chi connectivity index (χ2n) is 3.71. The Balaban J connectivity index is 2.79. The lowest BCUT2D eigenvalue weighted by atomic mass is 10.2. The van der Waals surface area contributed by atoms with Gasteiger partial charge in [0.1, 0.15) is 0 Å². The third-order valence-electron chi connectivity index (χ3n) is 2.48. The highest BCUT2D eigenvalue weighted by molar-refractivity contribution is 5.57. The Morgan fingerprint density at radius 2 is 2.24 bits per heavy atom. The number of likely N-dealkylation sites (N-methyl/N-ethyl adjacent to an activating group) is 1. The number of anilines is 1. The normalized spacial score (nSPS) is 11.9. The second kappa shape index (κ2) is 6.05. The average Bonchev–Trinajstić information content (AvgIpc) is 2.35. The molecule has 6 nitrogen and oxygen atoms in total. The Morgan fingerprint density at radius 3 is 2.76 bits per heavy atom. The number of nitrogens with one attached hydrogen (secondary N) is 2. The van der Waals surface area contributed by atoms with Crippen LogP contribution in [0.3, 0.4) is 0 Å². The van der Waals surface area contributed by atoms with Crippen LogP contribution >= 0.6 is 0 Å². The van der Waals surface area contributed by atoms with Crippen molar-refractivity contribution in [1.29, 1.82) is 0 Å². The molecule has 0 spiro atoms. The van der Waals surface area contributed by atoms with E-state index in [9.17, 15) is 10.1 Å². The van der Waals surface area contributed by atoms with E-state index in [4.69, 9.17) is 4.74 Å². The summed E-state index contributed by atoms with van der Waals surface area (Å²) in [5, 5.41) is 17.0. The lowest BCUT2D eigenvalue weighted by Gasteiger charge is -2.13. The standard InChI is InChI=1S/C11H17N3O3/c1-8(12-2)7-13-9-4-5-10(14(15)16)11(6-9)17-3/h4-6,8,12-13H,7H2,1-3H3. The molecule has 0 saturated carbocycles. The van der Waals surface area contributed by atoms with Gasteiger partial charge in [-0.3, -0.25) is 10.1 Å². The van der Waals surface area contributed by atoms with Gasteiger partial charge in [0.15, 0.2) is 5.75 Å². The molecule has 0 fully saturated rings. The minimum absolute atomic E-state index is 0.0280. The summed E-state index contributed by atoms with van der Waals surface area (Å²) in [6.45, 7) is 2.77. The van der Waals surface area contributed by atoms with Gasteiger partial charge in [-0.1, -0.05) is 0 Å². The van der Waals surface area contributed by atoms with Crippen molar-refractivity contribution in [1.82, 2.24) is 5.32 Å². The van der Waals surface area contributed by atoms with Gasteiger partial charge in [-0.2, -0.15) is 0 Å². The highest BCUT2D eigenvalue weighted by atomic mass is 16.6. The van der Waals surface area contributed by atoms with Crippen LogP contribution in [0.1, 0.15) is 6.92 Å². The molecular formula is C11H17N3O3. The molecule has 0 amide bonds. The fourth-order valence-corrected chi connectivity index (χ4v) is 1.31. The Hall–Kier alpha value is -1.82. The van der Waals surface area contributed by atoms with Crippen LogP contribution in [0.5, 0.6) is 5.75 Å². The Kier molecular flexibility index (Phi) is 4.71. The number of nitro benzene ring substituents is 1. The molecule has 0 aromatic heterocycles. The summed E-state index contributed by atoms with van der Waals surface area (Å²) in [5.41, 5.74) is 0.772. The molecule has 0 aliphatic carbocycles. The fourth-order valence-electron chi connectivity index (χ4n) is 1.31. The zero-order chi connectivity index (χ0) is 12.8. The van der Waals surface area contributed by atoms with Crippen molar-refractivity contribution in [3.05, 3.63) is 28.3 Å². The number of nitrogens with zero attached hydrogens (tertiary/aromatic N) is 1. The van der Waals surface area contributed by atoms with E-state index in [1.165, 1.54) is 13.2 Å². The summed E-state index contributed by atoms with van der Waals surface area (Å²) in [5.74, 6) is 0.261. The topological polar surface area (TPSA) is 76.4 Å². The largest absolute Gasteiger partial charge is 0.490 e. The Morgan fingerprint density at radius 1 is 1.53 bits per heavy atom. The summed E-state index contributed by atoms with van der Waals surface area (Å²) in [6, 6.07) is 5.05. The van der Waals surface area contributed by atoms with Crippen LogP contribution in [0.2, 0.25) is 0 Å². The van der Waals surface area contributed by atoms with E-state index >= 15 is 0 Å². The third-order valence-corrected chi connectivity index (χ3v) is 2.48. The first-order valence-electron chi connectivity index (χ1n) is 5.32. The third kappa shape index (κ3) is 3.60. The van der Waals surface area contributed by atoms with Crippen molar-refractivity contribution in [3.63, 3.8) is 0 Å². The van der Waals surface area contributed by atoms with Crippen LogP contribution in [-0.2, 0) is 0 Å². The summed E-state index contributed by atoms with van der Waals surface area (Å²) in [6.07, 6.45) is 0. The van der Waals surface area contributed by atoms with Crippen LogP contribution in [0, 0.1) is 10.1 Å². The van der Waals surface area contributed by atoms with E-state index in [0.29, 0.717) is 6.04 Å². The molecule has 1 atom stereocenters. The van der Waals surface area contributed by atoms with Crippen LogP contribution in [0.15, 0.2) is 18.2 Å². The van der Waals surface area contributed by atoms with Gasteiger partial charge >= 0.3 is 5.69 Å². The number of methoxy groups -OCH3 is 1. The second-order valence-corrected chi connectivity index (χ2v) is 3.71. The van der Waals surface area contributed by atoms with Crippen molar-refractivity contribution in [3.8, 4) is 5.75 Å². The number of benzene rings is 1. The maximum atomic E-state index is 10.7. The molecule has 0 saturated heterocycles. The van der Waals surface area contributed by atoms with Crippen molar-refractivity contribution in [2.24, 2.45) is 0 Å². The zero-order valence-corrected chi connectivity index (χ0v) is 10.2. The van der Waals surface area contributed by atoms with E-state index in [0.717, 1.165) is 12.2 Å². The van der Waals surface area contributed by atoms with E-state index in [2.05, 4.69) is 10.6 Å². The summed E-state index contributed by atoms with van der Waals surface area (Å²) >= 11 is 0. The van der Waals surface area contributed by atoms with Gasteiger partial charge in [0.25, 0.3) is 0 Å². The maximum Gasteiger partial charge on any atom is 0.311 e. The van der Waals surface area contributed by atoms with Crippen LogP contribution in [0.4, 0.5) is 11.4 Å². The minimum atomic E-state index is -0.459. The van der Waals surface area contributed by atoms with Gasteiger partial charge in [-0.05, 0) is 20.0 Å². The molecule has 1 aromatic carbocycles. The van der Waals surface area contributed by atoms with Crippen molar-refractivity contribution in [2.75, 3.05) is 26.0 Å². The number of nitro groups is 1. The van der Waals surface area contributed by atoms with Crippen LogP contribution in [-0.4, -0.2) is 31.7 Å². The predicted octanol–water partition coefficient (Wildman–Crippen LogP) is 1.62. The average molecular weight is 239 g/mol. The molecule has 1 unspecified atom stereocenters. The zero-order valence-electron chi connectivity index (χ0n) is 10.2. The fraction of sp³-hybridized carbons (Fsp3) is 0.455. The predicted molar refractivity (Wildman–Crippen MR) is 66.7 cm³/mol. The van der Waals surface area contributed by atoms with E-state index in [1.54, 1.807) is 12.1 Å². The molecule has 0 radical (unpaired) electrons. The Labute approximate surface area is 100 Å². The monoisotopic (exact) mass is 239 g/mol. The number of hydrogen-bond acceptors (Lipinski definition) is 5. The molecule has 6 heteroatoms. The van der Waals surface area contributed by atoms with E-state index in [1.807, 2.05) is 14.0 Å². The molecule has 1 aromatic rings. The summed E-state index contributed by atoms with van der Waals surface area (Å²) < 4.78 is 4.98. The molecule has 0 bridgehead atoms. The maximum absolute atomic E-state index is 10.7. The summed E-state index contributed by atoms with van der Waals surface area (Å²) in [4.78, 5) is 10.2. The van der Waals surface area contributed by atoms with Crippen molar-refractivity contribution < 1.29 is 9.66 Å². The summed E-state index contributed by atoms with van der Waals surface area (Å²) in [7, 11) is 3.30. The molecular weight excluding hydrogens is 222 g/mol. The van der Waals surface area contributed by atoms with Gasteiger partial charge in [-0.15, -0.1) is 0 Å². The van der Waals surface area contributed by atoms with Gasteiger partial charge in [0.2, 0.25) is 0 Å². The molecule has 0 aliphatic rings. The smallest absolute Gasteiger partial charge is 0.311 e. The van der Waals surface area contributed by atoms with Gasteiger partial charge in [0, 0.05) is 30.4 Å².